The van der Waals surface area contributed by atoms with Gasteiger partial charge in [0, 0.05) is 15.4 Å². The van der Waals surface area contributed by atoms with Crippen LogP contribution in [0.2, 0.25) is 52.4 Å². The summed E-state index contributed by atoms with van der Waals surface area (Å²) < 4.78 is 5.82. The zero-order valence-electron chi connectivity index (χ0n) is 12.4. The predicted octanol–water partition coefficient (Wildman–Crippen LogP) is 0.710. The van der Waals surface area contributed by atoms with E-state index in [1.54, 1.807) is 0 Å². The summed E-state index contributed by atoms with van der Waals surface area (Å²) in [6, 6.07) is 0. The zero-order chi connectivity index (χ0) is 11.8. The standard InChI is InChI=1S/C10H27OSi3.K/c1-11-14(8,9)10(12(2,3)4)13(5,6)7;/h1-9H3;/q-1;+1. The molecule has 0 saturated carbocycles. The molecule has 0 aromatic heterocycles. The second-order valence-electron chi connectivity index (χ2n) is 6.59. The van der Waals surface area contributed by atoms with Gasteiger partial charge in [0.15, 0.2) is 0 Å². The van der Waals surface area contributed by atoms with Crippen molar-refractivity contribution in [2.24, 2.45) is 0 Å². The fourth-order valence-corrected chi connectivity index (χ4v) is 27.3. The van der Waals surface area contributed by atoms with E-state index in [9.17, 15) is 0 Å². The third-order valence-electron chi connectivity index (χ3n) is 2.61. The fourth-order valence-electron chi connectivity index (χ4n) is 3.03. The van der Waals surface area contributed by atoms with Crippen LogP contribution >= 0.6 is 0 Å². The van der Waals surface area contributed by atoms with Crippen molar-refractivity contribution in [2.45, 2.75) is 52.4 Å². The number of rotatable bonds is 4. The van der Waals surface area contributed by atoms with Crippen LogP contribution in [-0.2, 0) is 4.43 Å². The molecule has 15 heavy (non-hydrogen) atoms. The Bertz CT molecular complexity index is 180. The van der Waals surface area contributed by atoms with Crippen LogP contribution in [0.5, 0.6) is 0 Å². The first kappa shape index (κ1) is 19.6. The molecule has 0 aliphatic carbocycles. The topological polar surface area (TPSA) is 9.23 Å². The van der Waals surface area contributed by atoms with Crippen LogP contribution in [0.25, 0.3) is 0 Å². The third-order valence-corrected chi connectivity index (χ3v) is 20.4. The van der Waals surface area contributed by atoms with E-state index in [-0.39, 0.29) is 51.4 Å². The van der Waals surface area contributed by atoms with Gasteiger partial charge in [-0.3, -0.25) is 4.79 Å². The summed E-state index contributed by atoms with van der Waals surface area (Å²) in [6.45, 7) is 19.5. The summed E-state index contributed by atoms with van der Waals surface area (Å²) in [5, 5.41) is 0. The van der Waals surface area contributed by atoms with Crippen molar-refractivity contribution in [3.8, 4) is 0 Å². The van der Waals surface area contributed by atoms with Crippen LogP contribution in [0, 0.1) is 4.79 Å². The van der Waals surface area contributed by atoms with Crippen molar-refractivity contribution in [1.82, 2.24) is 0 Å². The van der Waals surface area contributed by atoms with Crippen LogP contribution in [0.1, 0.15) is 0 Å². The Kier molecular flexibility index (Phi) is 8.39. The van der Waals surface area contributed by atoms with E-state index in [1.165, 1.54) is 0 Å². The maximum atomic E-state index is 5.82. The van der Waals surface area contributed by atoms with Gasteiger partial charge in [0.05, 0.1) is 0 Å². The summed E-state index contributed by atoms with van der Waals surface area (Å²) >= 11 is 0. The Balaban J connectivity index is 0. The van der Waals surface area contributed by atoms with Gasteiger partial charge in [0.1, 0.15) is 0 Å². The second-order valence-corrected chi connectivity index (χ2v) is 22.0. The normalized spacial score (nSPS) is 14.0. The average molecular weight is 287 g/mol. The van der Waals surface area contributed by atoms with Crippen molar-refractivity contribution in [2.75, 3.05) is 7.11 Å². The molecule has 0 bridgehead atoms. The maximum absolute atomic E-state index is 5.82. The number of hydrogen-bond acceptors (Lipinski definition) is 1. The van der Waals surface area contributed by atoms with E-state index < -0.39 is 24.5 Å². The van der Waals surface area contributed by atoms with Crippen LogP contribution < -0.4 is 51.4 Å². The summed E-state index contributed by atoms with van der Waals surface area (Å²) in [5.41, 5.74) is 0. The third kappa shape index (κ3) is 6.10. The molecule has 0 radical (unpaired) electrons. The van der Waals surface area contributed by atoms with E-state index in [4.69, 9.17) is 4.43 Å². The SMILES string of the molecule is CO[Si](C)(C)[C-]([Si](C)(C)C)[Si](C)(C)C.[K+]. The van der Waals surface area contributed by atoms with Gasteiger partial charge in [-0.2, -0.15) is 0 Å². The van der Waals surface area contributed by atoms with Gasteiger partial charge in [0.2, 0.25) is 0 Å². The molecule has 0 fully saturated rings. The number of hydrogen-bond donors (Lipinski definition) is 0. The molecule has 0 aliphatic rings. The van der Waals surface area contributed by atoms with Crippen molar-refractivity contribution in [3.63, 3.8) is 0 Å². The average Bonchev–Trinajstić information content (AvgIpc) is 1.79. The zero-order valence-corrected chi connectivity index (χ0v) is 18.5. The second kappa shape index (κ2) is 6.42. The minimum absolute atomic E-state index is 0. The first-order valence-electron chi connectivity index (χ1n) is 5.36. The maximum Gasteiger partial charge on any atom is 1.00 e. The molecule has 0 N–H and O–H groups in total. The molecule has 0 heterocycles. The van der Waals surface area contributed by atoms with Crippen LogP contribution in [0.4, 0.5) is 0 Å². The molecular formula is C10H27KOSi3. The van der Waals surface area contributed by atoms with E-state index in [0.29, 0.717) is 0 Å². The van der Waals surface area contributed by atoms with Crippen LogP contribution in [0.3, 0.4) is 0 Å². The molecule has 5 heteroatoms. The Hall–Kier alpha value is 2.25. The fraction of sp³-hybridized carbons (Fsp3) is 0.900. The van der Waals surface area contributed by atoms with Crippen molar-refractivity contribution < 1.29 is 55.8 Å². The van der Waals surface area contributed by atoms with Crippen molar-refractivity contribution in [3.05, 3.63) is 4.79 Å². The first-order valence-corrected chi connectivity index (χ1v) is 15.3. The van der Waals surface area contributed by atoms with E-state index in [1.807, 2.05) is 11.9 Å². The molecular weight excluding hydrogens is 259 g/mol. The largest absolute Gasteiger partial charge is 1.00 e. The molecule has 0 rings (SSSR count). The van der Waals surface area contributed by atoms with Gasteiger partial charge in [-0.15, -0.1) is 0 Å². The smallest absolute Gasteiger partial charge is 0.452 e. The first-order chi connectivity index (χ1) is 5.93. The molecule has 86 valence electrons. The van der Waals surface area contributed by atoms with E-state index in [2.05, 4.69) is 52.4 Å². The minimum Gasteiger partial charge on any atom is -0.452 e. The predicted molar refractivity (Wildman–Crippen MR) is 74.4 cm³/mol. The Labute approximate surface area is 142 Å². The van der Waals surface area contributed by atoms with Gasteiger partial charge in [0.25, 0.3) is 0 Å². The molecule has 0 amide bonds. The van der Waals surface area contributed by atoms with Crippen molar-refractivity contribution >= 4 is 24.5 Å². The molecule has 0 unspecified atom stereocenters. The van der Waals surface area contributed by atoms with Gasteiger partial charge in [-0.25, -0.2) is 0 Å². The minimum atomic E-state index is -1.54. The van der Waals surface area contributed by atoms with Gasteiger partial charge < -0.3 is 4.43 Å². The molecule has 0 aromatic carbocycles. The van der Waals surface area contributed by atoms with Gasteiger partial charge in [-0.1, -0.05) is 68.5 Å². The molecule has 0 aliphatic heterocycles. The van der Waals surface area contributed by atoms with Crippen LogP contribution in [0.15, 0.2) is 0 Å². The summed E-state index contributed by atoms with van der Waals surface area (Å²) in [4.78, 5) is 1.88. The van der Waals surface area contributed by atoms with Gasteiger partial charge in [-0.05, 0) is 0 Å². The van der Waals surface area contributed by atoms with Crippen molar-refractivity contribution in [1.29, 1.82) is 0 Å². The summed E-state index contributed by atoms with van der Waals surface area (Å²) in [7, 11) is -1.97. The van der Waals surface area contributed by atoms with Gasteiger partial charge >= 0.3 is 51.4 Å². The Morgan fingerprint density at radius 2 is 1.00 bits per heavy atom. The van der Waals surface area contributed by atoms with E-state index >= 15 is 0 Å². The molecule has 0 saturated heterocycles. The Morgan fingerprint density at radius 1 is 0.733 bits per heavy atom. The molecule has 0 atom stereocenters. The summed E-state index contributed by atoms with van der Waals surface area (Å²) in [6.07, 6.45) is 0. The quantitative estimate of drug-likeness (QED) is 0.546. The molecule has 0 spiro atoms. The Morgan fingerprint density at radius 3 is 1.07 bits per heavy atom. The summed E-state index contributed by atoms with van der Waals surface area (Å²) in [5.74, 6) is 0. The van der Waals surface area contributed by atoms with E-state index in [0.717, 1.165) is 0 Å². The van der Waals surface area contributed by atoms with Crippen LogP contribution in [-0.4, -0.2) is 31.6 Å². The molecule has 1 nitrogen and oxygen atoms in total. The monoisotopic (exact) mass is 286 g/mol. The molecule has 0 aromatic rings.